The molecule has 0 aliphatic carbocycles. The number of hydrogen-bond acceptors (Lipinski definition) is 6. The second kappa shape index (κ2) is 8.38. The zero-order chi connectivity index (χ0) is 23.8. The molecule has 2 amide bonds. The molecule has 1 aliphatic heterocycles. The minimum Gasteiger partial charge on any atom is -0.495 e. The van der Waals surface area contributed by atoms with Gasteiger partial charge in [-0.1, -0.05) is 6.92 Å². The second-order valence-electron chi connectivity index (χ2n) is 7.76. The highest BCUT2D eigenvalue weighted by atomic mass is 19.4. The van der Waals surface area contributed by atoms with Crippen molar-refractivity contribution in [1.29, 1.82) is 0 Å². The fourth-order valence-electron chi connectivity index (χ4n) is 3.98. The summed E-state index contributed by atoms with van der Waals surface area (Å²) in [5.74, 6) is -3.46. The van der Waals surface area contributed by atoms with Gasteiger partial charge in [-0.25, -0.2) is 0 Å². The van der Waals surface area contributed by atoms with Gasteiger partial charge in [0.15, 0.2) is 5.60 Å². The lowest BCUT2D eigenvalue weighted by atomic mass is 9.77. The molecule has 4 atom stereocenters. The molecular formula is C21H23F3N4O4. The number of rotatable bonds is 5. The molecular weight excluding hydrogens is 429 g/mol. The average Bonchev–Trinajstić information content (AvgIpc) is 3.00. The SMILES string of the molecule is COc1c([C@@H]2[C@H](C(=O)Nc3ccnc(C(N)=O)c3)O[C@](C)(C(F)(F)F)[C@H]2C)ccnc1C. The highest BCUT2D eigenvalue weighted by Gasteiger charge is 2.65. The average molecular weight is 452 g/mol. The Morgan fingerprint density at radius 3 is 2.50 bits per heavy atom. The predicted octanol–water partition coefficient (Wildman–Crippen LogP) is 2.97. The summed E-state index contributed by atoms with van der Waals surface area (Å²) in [4.78, 5) is 32.4. The van der Waals surface area contributed by atoms with E-state index in [-0.39, 0.29) is 17.1 Å². The molecule has 1 aliphatic rings. The Hall–Kier alpha value is -3.21. The van der Waals surface area contributed by atoms with Gasteiger partial charge in [-0.15, -0.1) is 0 Å². The largest absolute Gasteiger partial charge is 0.495 e. The standard InChI is InChI=1S/C21H23F3N4O4/c1-10-15(13-6-8-26-11(2)16(13)31-4)17(32-20(10,3)21(22,23)24)19(30)28-12-5-7-27-14(9-12)18(25)29/h5-10,15,17H,1-4H3,(H2,25,29)(H,27,28,30)/t10-,15+,17+,20-/m0/s1. The van der Waals surface area contributed by atoms with E-state index >= 15 is 0 Å². The molecule has 2 aromatic rings. The Balaban J connectivity index is 2.05. The van der Waals surface area contributed by atoms with Crippen molar-refractivity contribution in [2.75, 3.05) is 12.4 Å². The van der Waals surface area contributed by atoms with Crippen LogP contribution >= 0.6 is 0 Å². The number of carbonyl (C=O) groups excluding carboxylic acids is 2. The van der Waals surface area contributed by atoms with E-state index in [0.717, 1.165) is 6.92 Å². The molecule has 0 spiro atoms. The molecule has 1 fully saturated rings. The quantitative estimate of drug-likeness (QED) is 0.721. The van der Waals surface area contributed by atoms with Crippen molar-refractivity contribution in [3.8, 4) is 5.75 Å². The van der Waals surface area contributed by atoms with E-state index in [1.807, 2.05) is 0 Å². The Morgan fingerprint density at radius 1 is 1.25 bits per heavy atom. The van der Waals surface area contributed by atoms with Crippen LogP contribution in [0.2, 0.25) is 0 Å². The molecule has 0 bridgehead atoms. The Labute approximate surface area is 182 Å². The van der Waals surface area contributed by atoms with Gasteiger partial charge in [-0.3, -0.25) is 19.6 Å². The number of hydrogen-bond donors (Lipinski definition) is 2. The number of nitrogens with one attached hydrogen (secondary N) is 1. The van der Waals surface area contributed by atoms with Crippen molar-refractivity contribution in [2.24, 2.45) is 11.7 Å². The van der Waals surface area contributed by atoms with Crippen molar-refractivity contribution >= 4 is 17.5 Å². The first kappa shape index (κ1) is 23.5. The lowest BCUT2D eigenvalue weighted by molar-refractivity contribution is -0.272. The topological polar surface area (TPSA) is 116 Å². The predicted molar refractivity (Wildman–Crippen MR) is 108 cm³/mol. The summed E-state index contributed by atoms with van der Waals surface area (Å²) in [6.45, 7) is 3.97. The van der Waals surface area contributed by atoms with Crippen molar-refractivity contribution in [3.63, 3.8) is 0 Å². The summed E-state index contributed by atoms with van der Waals surface area (Å²) in [7, 11) is 1.38. The number of methoxy groups -OCH3 is 1. The van der Waals surface area contributed by atoms with E-state index in [1.165, 1.54) is 44.6 Å². The van der Waals surface area contributed by atoms with Gasteiger partial charge in [-0.05, 0) is 32.0 Å². The van der Waals surface area contributed by atoms with E-state index in [2.05, 4.69) is 15.3 Å². The van der Waals surface area contributed by atoms with Crippen molar-refractivity contribution in [3.05, 3.63) is 47.5 Å². The summed E-state index contributed by atoms with van der Waals surface area (Å²) in [5.41, 5.74) is 3.51. The number of halogens is 3. The number of alkyl halides is 3. The van der Waals surface area contributed by atoms with Crippen LogP contribution in [0.3, 0.4) is 0 Å². The van der Waals surface area contributed by atoms with Crippen LogP contribution in [0, 0.1) is 12.8 Å². The van der Waals surface area contributed by atoms with Gasteiger partial charge in [0.25, 0.3) is 11.8 Å². The van der Waals surface area contributed by atoms with Gasteiger partial charge in [0.05, 0.1) is 12.8 Å². The van der Waals surface area contributed by atoms with Crippen LogP contribution in [0.1, 0.15) is 41.5 Å². The fraction of sp³-hybridized carbons (Fsp3) is 0.429. The molecule has 3 rings (SSSR count). The van der Waals surface area contributed by atoms with E-state index in [0.29, 0.717) is 11.3 Å². The molecule has 0 aromatic carbocycles. The van der Waals surface area contributed by atoms with E-state index in [4.69, 9.17) is 15.2 Å². The number of primary amides is 1. The maximum Gasteiger partial charge on any atom is 0.417 e. The molecule has 11 heteroatoms. The molecule has 2 aromatic heterocycles. The smallest absolute Gasteiger partial charge is 0.417 e. The summed E-state index contributed by atoms with van der Waals surface area (Å²) in [5, 5.41) is 2.51. The summed E-state index contributed by atoms with van der Waals surface area (Å²) >= 11 is 0. The number of nitrogens with zero attached hydrogens (tertiary/aromatic N) is 2. The number of pyridine rings is 2. The molecule has 0 radical (unpaired) electrons. The first-order chi connectivity index (χ1) is 14.9. The molecule has 3 N–H and O–H groups in total. The molecule has 8 nitrogen and oxygen atoms in total. The molecule has 0 unspecified atom stereocenters. The van der Waals surface area contributed by atoms with Crippen LogP contribution < -0.4 is 15.8 Å². The fourth-order valence-corrected chi connectivity index (χ4v) is 3.98. The Kier molecular flexibility index (Phi) is 6.14. The lowest BCUT2D eigenvalue weighted by Crippen LogP contribution is -2.47. The van der Waals surface area contributed by atoms with Gasteiger partial charge >= 0.3 is 6.18 Å². The highest BCUT2D eigenvalue weighted by molar-refractivity contribution is 5.97. The normalized spacial score (nSPS) is 25.4. The number of nitrogens with two attached hydrogens (primary N) is 1. The zero-order valence-corrected chi connectivity index (χ0v) is 17.9. The maximum atomic E-state index is 14.0. The minimum atomic E-state index is -4.73. The third-order valence-corrected chi connectivity index (χ3v) is 5.88. The molecule has 172 valence electrons. The van der Waals surface area contributed by atoms with Crippen LogP contribution in [0.5, 0.6) is 5.75 Å². The van der Waals surface area contributed by atoms with Crippen molar-refractivity contribution < 1.29 is 32.2 Å². The number of carbonyl (C=O) groups is 2. The maximum absolute atomic E-state index is 14.0. The molecule has 1 saturated heterocycles. The molecule has 0 saturated carbocycles. The third-order valence-electron chi connectivity index (χ3n) is 5.88. The third kappa shape index (κ3) is 3.99. The van der Waals surface area contributed by atoms with Crippen molar-refractivity contribution in [2.45, 2.75) is 44.6 Å². The molecule has 32 heavy (non-hydrogen) atoms. The Bertz CT molecular complexity index is 1050. The van der Waals surface area contributed by atoms with Gasteiger partial charge < -0.3 is 20.5 Å². The number of ether oxygens (including phenoxy) is 2. The van der Waals surface area contributed by atoms with Crippen LogP contribution in [0.25, 0.3) is 0 Å². The van der Waals surface area contributed by atoms with Crippen LogP contribution in [-0.2, 0) is 9.53 Å². The van der Waals surface area contributed by atoms with Gasteiger partial charge in [-0.2, -0.15) is 13.2 Å². The van der Waals surface area contributed by atoms with Crippen LogP contribution in [0.4, 0.5) is 18.9 Å². The summed E-state index contributed by atoms with van der Waals surface area (Å²) in [6, 6.07) is 4.14. The van der Waals surface area contributed by atoms with Crippen LogP contribution in [-0.4, -0.2) is 46.8 Å². The Morgan fingerprint density at radius 2 is 1.91 bits per heavy atom. The second-order valence-corrected chi connectivity index (χ2v) is 7.76. The van der Waals surface area contributed by atoms with Gasteiger partial charge in [0.1, 0.15) is 17.5 Å². The van der Waals surface area contributed by atoms with Gasteiger partial charge in [0.2, 0.25) is 0 Å². The first-order valence-electron chi connectivity index (χ1n) is 9.71. The van der Waals surface area contributed by atoms with Crippen LogP contribution in [0.15, 0.2) is 30.6 Å². The van der Waals surface area contributed by atoms with Crippen molar-refractivity contribution in [1.82, 2.24) is 9.97 Å². The number of anilines is 1. The summed E-state index contributed by atoms with van der Waals surface area (Å²) in [6.07, 6.45) is -3.54. The van der Waals surface area contributed by atoms with E-state index in [9.17, 15) is 22.8 Å². The highest BCUT2D eigenvalue weighted by Crippen LogP contribution is 2.54. The number of amides is 2. The zero-order valence-electron chi connectivity index (χ0n) is 17.9. The number of aromatic nitrogens is 2. The van der Waals surface area contributed by atoms with E-state index in [1.54, 1.807) is 6.92 Å². The minimum absolute atomic E-state index is 0.105. The lowest BCUT2D eigenvalue weighted by Gasteiger charge is -2.32. The van der Waals surface area contributed by atoms with E-state index < -0.39 is 41.5 Å². The van der Waals surface area contributed by atoms with Gasteiger partial charge in [0, 0.05) is 35.5 Å². The molecule has 3 heterocycles. The summed E-state index contributed by atoms with van der Waals surface area (Å²) < 4.78 is 52.8. The first-order valence-corrected chi connectivity index (χ1v) is 9.71. The monoisotopic (exact) mass is 452 g/mol. The number of aryl methyl sites for hydroxylation is 1.